The number of benzene rings is 2. The van der Waals surface area contributed by atoms with E-state index in [4.69, 9.17) is 4.74 Å². The lowest BCUT2D eigenvalue weighted by Gasteiger charge is -2.35. The van der Waals surface area contributed by atoms with Gasteiger partial charge >= 0.3 is 0 Å². The third-order valence-corrected chi connectivity index (χ3v) is 8.03. The molecule has 1 fully saturated rings. The summed E-state index contributed by atoms with van der Waals surface area (Å²) < 4.78 is 5.96. The lowest BCUT2D eigenvalue weighted by atomic mass is 9.67. The topological polar surface area (TPSA) is 33.0 Å². The van der Waals surface area contributed by atoms with Crippen molar-refractivity contribution < 1.29 is 4.74 Å². The summed E-state index contributed by atoms with van der Waals surface area (Å²) in [6.07, 6.45) is 18.3. The van der Waals surface area contributed by atoms with Crippen LogP contribution in [0.2, 0.25) is 0 Å². The highest BCUT2D eigenvalue weighted by molar-refractivity contribution is 5.64. The van der Waals surface area contributed by atoms with Crippen LogP contribution in [0.4, 0.5) is 0 Å². The molecule has 1 saturated carbocycles. The summed E-state index contributed by atoms with van der Waals surface area (Å²) in [6, 6.07) is 20.4. The van der Waals surface area contributed by atoms with E-state index in [1.54, 1.807) is 0 Å². The Labute approximate surface area is 215 Å². The van der Waals surface area contributed by atoms with Gasteiger partial charge in [0.25, 0.3) is 0 Å². The minimum Gasteiger partial charge on any atom is -0.494 e. The molecule has 0 heterocycles. The molecular formula is C33H47NO. The molecular weight excluding hydrogens is 426 g/mol. The van der Waals surface area contributed by atoms with Crippen molar-refractivity contribution in [3.8, 4) is 22.9 Å². The van der Waals surface area contributed by atoms with Gasteiger partial charge in [-0.15, -0.1) is 0 Å². The van der Waals surface area contributed by atoms with Crippen molar-refractivity contribution in [2.24, 2.45) is 5.41 Å². The number of ether oxygens (including phenoxy) is 1. The molecule has 2 aromatic rings. The first-order valence-electron chi connectivity index (χ1n) is 14.4. The van der Waals surface area contributed by atoms with Crippen LogP contribution in [0.5, 0.6) is 5.75 Å². The van der Waals surface area contributed by atoms with Crippen LogP contribution in [-0.2, 0) is 0 Å². The SMILES string of the molecule is CCCCCCCCCOc1ccc(-c2ccc(C3CCC(C#N)(CCCCC)CC3)cc2)cc1. The molecule has 0 bridgehead atoms. The highest BCUT2D eigenvalue weighted by atomic mass is 16.5. The Balaban J connectivity index is 1.43. The van der Waals surface area contributed by atoms with Crippen molar-refractivity contribution in [1.82, 2.24) is 0 Å². The largest absolute Gasteiger partial charge is 0.494 e. The molecule has 3 rings (SSSR count). The summed E-state index contributed by atoms with van der Waals surface area (Å²) in [7, 11) is 0. The first-order chi connectivity index (χ1) is 17.2. The van der Waals surface area contributed by atoms with Gasteiger partial charge in [-0.1, -0.05) is 108 Å². The Bertz CT molecular complexity index is 869. The smallest absolute Gasteiger partial charge is 0.119 e. The molecule has 0 atom stereocenters. The van der Waals surface area contributed by atoms with Crippen LogP contribution in [0.15, 0.2) is 48.5 Å². The summed E-state index contributed by atoms with van der Waals surface area (Å²) in [6.45, 7) is 5.32. The van der Waals surface area contributed by atoms with Crippen molar-refractivity contribution >= 4 is 0 Å². The summed E-state index contributed by atoms with van der Waals surface area (Å²) >= 11 is 0. The molecule has 1 aliphatic rings. The first-order valence-corrected chi connectivity index (χ1v) is 14.4. The third-order valence-electron chi connectivity index (χ3n) is 8.03. The zero-order valence-corrected chi connectivity index (χ0v) is 22.4. The molecule has 2 nitrogen and oxygen atoms in total. The van der Waals surface area contributed by atoms with Crippen molar-refractivity contribution in [2.75, 3.05) is 6.61 Å². The standard InChI is InChI=1S/C33H47NO/c1-3-5-7-8-9-10-12-26-35-32-19-17-30(18-20-32)28-13-15-29(16-14-28)31-21-24-33(27-34,25-22-31)23-11-6-4-2/h13-20,31H,3-12,21-26H2,1-2H3. The predicted molar refractivity (Wildman–Crippen MR) is 149 cm³/mol. The molecule has 0 unspecified atom stereocenters. The second-order valence-corrected chi connectivity index (χ2v) is 10.7. The second kappa shape index (κ2) is 15.0. The Morgan fingerprint density at radius 2 is 1.29 bits per heavy atom. The molecule has 0 aromatic heterocycles. The fourth-order valence-corrected chi connectivity index (χ4v) is 5.58. The van der Waals surface area contributed by atoms with Crippen molar-refractivity contribution in [3.05, 3.63) is 54.1 Å². The first kappa shape index (κ1) is 27.3. The lowest BCUT2D eigenvalue weighted by Crippen LogP contribution is -2.25. The molecule has 0 N–H and O–H groups in total. The minimum absolute atomic E-state index is 0.0654. The van der Waals surface area contributed by atoms with Crippen LogP contribution >= 0.6 is 0 Å². The van der Waals surface area contributed by atoms with Gasteiger partial charge in [-0.2, -0.15) is 5.26 Å². The molecule has 0 radical (unpaired) electrons. The van der Waals surface area contributed by atoms with E-state index in [0.717, 1.165) is 50.9 Å². The van der Waals surface area contributed by atoms with Crippen LogP contribution in [0.1, 0.15) is 122 Å². The Morgan fingerprint density at radius 3 is 1.89 bits per heavy atom. The predicted octanol–water partition coefficient (Wildman–Crippen LogP) is 10.2. The maximum Gasteiger partial charge on any atom is 0.119 e. The van der Waals surface area contributed by atoms with Gasteiger partial charge in [-0.3, -0.25) is 0 Å². The van der Waals surface area contributed by atoms with E-state index in [2.05, 4.69) is 68.4 Å². The summed E-state index contributed by atoms with van der Waals surface area (Å²) in [4.78, 5) is 0. The summed E-state index contributed by atoms with van der Waals surface area (Å²) in [5, 5.41) is 9.83. The van der Waals surface area contributed by atoms with Crippen molar-refractivity contribution in [1.29, 1.82) is 5.26 Å². The third kappa shape index (κ3) is 8.71. The van der Waals surface area contributed by atoms with Gasteiger partial charge in [0.05, 0.1) is 18.1 Å². The number of rotatable bonds is 15. The highest BCUT2D eigenvalue weighted by Gasteiger charge is 2.35. The van der Waals surface area contributed by atoms with Crippen LogP contribution in [0.25, 0.3) is 11.1 Å². The zero-order chi connectivity index (χ0) is 24.8. The molecule has 2 heteroatoms. The maximum absolute atomic E-state index is 9.83. The molecule has 0 amide bonds. The van der Waals surface area contributed by atoms with Gasteiger partial charge in [0.2, 0.25) is 0 Å². The van der Waals surface area contributed by atoms with Crippen LogP contribution in [0, 0.1) is 16.7 Å². The van der Waals surface area contributed by atoms with Crippen molar-refractivity contribution in [2.45, 2.75) is 116 Å². The second-order valence-electron chi connectivity index (χ2n) is 10.7. The van der Waals surface area contributed by atoms with Gasteiger partial charge < -0.3 is 4.74 Å². The quantitative estimate of drug-likeness (QED) is 0.241. The molecule has 0 saturated heterocycles. The number of nitriles is 1. The Morgan fingerprint density at radius 1 is 0.743 bits per heavy atom. The normalized spacial score (nSPS) is 19.9. The average molecular weight is 474 g/mol. The molecule has 2 aromatic carbocycles. The van der Waals surface area contributed by atoms with Gasteiger partial charge in [0, 0.05) is 0 Å². The van der Waals surface area contributed by atoms with E-state index >= 15 is 0 Å². The summed E-state index contributed by atoms with van der Waals surface area (Å²) in [5.41, 5.74) is 3.87. The average Bonchev–Trinajstić information content (AvgIpc) is 2.91. The molecule has 0 aliphatic heterocycles. The highest BCUT2D eigenvalue weighted by Crippen LogP contribution is 2.45. The van der Waals surface area contributed by atoms with E-state index in [9.17, 15) is 5.26 Å². The molecule has 35 heavy (non-hydrogen) atoms. The van der Waals surface area contributed by atoms with Crippen LogP contribution in [-0.4, -0.2) is 6.61 Å². The number of nitrogens with zero attached hydrogens (tertiary/aromatic N) is 1. The van der Waals surface area contributed by atoms with E-state index in [1.165, 1.54) is 74.5 Å². The van der Waals surface area contributed by atoms with Gasteiger partial charge in [0.1, 0.15) is 5.75 Å². The lowest BCUT2D eigenvalue weighted by molar-refractivity contribution is 0.223. The number of hydrogen-bond acceptors (Lipinski definition) is 2. The fourth-order valence-electron chi connectivity index (χ4n) is 5.58. The van der Waals surface area contributed by atoms with Crippen LogP contribution < -0.4 is 4.74 Å². The number of hydrogen-bond donors (Lipinski definition) is 0. The Kier molecular flexibility index (Phi) is 11.7. The van der Waals surface area contributed by atoms with Gasteiger partial charge in [-0.25, -0.2) is 0 Å². The summed E-state index contributed by atoms with van der Waals surface area (Å²) in [5.74, 6) is 1.57. The van der Waals surface area contributed by atoms with E-state index in [0.29, 0.717) is 5.92 Å². The van der Waals surface area contributed by atoms with E-state index in [-0.39, 0.29) is 5.41 Å². The molecule has 190 valence electrons. The maximum atomic E-state index is 9.83. The number of unbranched alkanes of at least 4 members (excludes halogenated alkanes) is 8. The molecule has 0 spiro atoms. The van der Waals surface area contributed by atoms with E-state index in [1.807, 2.05) is 0 Å². The fraction of sp³-hybridized carbons (Fsp3) is 0.606. The van der Waals surface area contributed by atoms with Crippen molar-refractivity contribution in [3.63, 3.8) is 0 Å². The minimum atomic E-state index is -0.0654. The van der Waals surface area contributed by atoms with Crippen LogP contribution in [0.3, 0.4) is 0 Å². The Hall–Kier alpha value is -2.27. The van der Waals surface area contributed by atoms with E-state index < -0.39 is 0 Å². The monoisotopic (exact) mass is 473 g/mol. The van der Waals surface area contributed by atoms with Gasteiger partial charge in [-0.05, 0) is 73.3 Å². The molecule has 1 aliphatic carbocycles. The van der Waals surface area contributed by atoms with Gasteiger partial charge in [0.15, 0.2) is 0 Å². The zero-order valence-electron chi connectivity index (χ0n) is 22.4.